The van der Waals surface area contributed by atoms with E-state index in [1.165, 1.54) is 17.5 Å². The van der Waals surface area contributed by atoms with E-state index in [1.807, 2.05) is 0 Å². The fraction of sp³-hybridized carbons (Fsp3) is 0.333. The number of aromatic nitrogens is 3. The number of halogens is 3. The molecule has 0 aliphatic rings. The third kappa shape index (κ3) is 3.50. The second kappa shape index (κ2) is 6.26. The monoisotopic (exact) mass is 331 g/mol. The number of carbonyl (C=O) groups excluding carboxylic acids is 1. The first-order chi connectivity index (χ1) is 10.3. The van der Waals surface area contributed by atoms with Gasteiger partial charge in [-0.2, -0.15) is 23.4 Å². The summed E-state index contributed by atoms with van der Waals surface area (Å²) in [6.07, 6.45) is -1.36. The van der Waals surface area contributed by atoms with E-state index in [2.05, 4.69) is 20.6 Å². The molecule has 2 aromatic rings. The number of hydrazone groups is 1. The lowest BCUT2D eigenvalue weighted by molar-refractivity contribution is -0.141. The van der Waals surface area contributed by atoms with Gasteiger partial charge in [0.15, 0.2) is 5.69 Å². The minimum absolute atomic E-state index is 0.370. The van der Waals surface area contributed by atoms with Crippen LogP contribution in [0.4, 0.5) is 13.2 Å². The Morgan fingerprint density at radius 3 is 2.77 bits per heavy atom. The van der Waals surface area contributed by atoms with Gasteiger partial charge in [0.05, 0.1) is 15.9 Å². The van der Waals surface area contributed by atoms with Gasteiger partial charge in [-0.25, -0.2) is 10.4 Å². The van der Waals surface area contributed by atoms with Gasteiger partial charge < -0.3 is 0 Å². The Balaban J connectivity index is 2.35. The summed E-state index contributed by atoms with van der Waals surface area (Å²) in [5.74, 6) is 0. The lowest BCUT2D eigenvalue weighted by Gasteiger charge is -2.14. The molecule has 118 valence electrons. The SMILES string of the molecule is Cc1ncc(C(=NNC=O)C(C)n2ccc(C(F)(F)F)n2)s1. The second-order valence-electron chi connectivity index (χ2n) is 4.34. The van der Waals surface area contributed by atoms with Gasteiger partial charge in [0, 0.05) is 12.4 Å². The summed E-state index contributed by atoms with van der Waals surface area (Å²) >= 11 is 1.32. The van der Waals surface area contributed by atoms with Crippen molar-refractivity contribution in [2.24, 2.45) is 5.10 Å². The van der Waals surface area contributed by atoms with E-state index in [0.717, 1.165) is 15.8 Å². The lowest BCUT2D eigenvalue weighted by Crippen LogP contribution is -2.21. The zero-order valence-corrected chi connectivity index (χ0v) is 12.4. The van der Waals surface area contributed by atoms with Gasteiger partial charge in [-0.05, 0) is 19.9 Å². The third-order valence-electron chi connectivity index (χ3n) is 2.80. The summed E-state index contributed by atoms with van der Waals surface area (Å²) in [6, 6.07) is 0.280. The Morgan fingerprint density at radius 1 is 1.55 bits per heavy atom. The molecule has 2 rings (SSSR count). The molecule has 0 aromatic carbocycles. The molecule has 1 atom stereocenters. The zero-order chi connectivity index (χ0) is 16.3. The summed E-state index contributed by atoms with van der Waals surface area (Å²) in [5, 5.41) is 8.20. The number of aryl methyl sites for hydroxylation is 1. The van der Waals surface area contributed by atoms with E-state index in [4.69, 9.17) is 0 Å². The Bertz CT molecular complexity index is 691. The molecule has 1 amide bonds. The Hall–Kier alpha value is -2.23. The van der Waals surface area contributed by atoms with Crippen LogP contribution in [0.15, 0.2) is 23.6 Å². The van der Waals surface area contributed by atoms with Crippen LogP contribution in [0.3, 0.4) is 0 Å². The number of carbonyl (C=O) groups is 1. The molecule has 1 N–H and O–H groups in total. The Kier molecular flexibility index (Phi) is 4.59. The molecule has 2 heterocycles. The van der Waals surface area contributed by atoms with Crippen molar-refractivity contribution in [3.63, 3.8) is 0 Å². The van der Waals surface area contributed by atoms with Crippen LogP contribution in [0.2, 0.25) is 0 Å². The van der Waals surface area contributed by atoms with Crippen molar-refractivity contribution in [2.45, 2.75) is 26.1 Å². The van der Waals surface area contributed by atoms with Crippen LogP contribution >= 0.6 is 11.3 Å². The van der Waals surface area contributed by atoms with Crippen molar-refractivity contribution in [3.8, 4) is 0 Å². The first-order valence-corrected chi connectivity index (χ1v) is 6.96. The van der Waals surface area contributed by atoms with E-state index < -0.39 is 17.9 Å². The quantitative estimate of drug-likeness (QED) is 0.519. The maximum atomic E-state index is 12.6. The van der Waals surface area contributed by atoms with Crippen LogP contribution in [0.1, 0.15) is 28.5 Å². The highest BCUT2D eigenvalue weighted by Gasteiger charge is 2.34. The summed E-state index contributed by atoms with van der Waals surface area (Å²) in [6.45, 7) is 3.42. The summed E-state index contributed by atoms with van der Waals surface area (Å²) in [7, 11) is 0. The predicted octanol–water partition coefficient (Wildman–Crippen LogP) is 2.38. The van der Waals surface area contributed by atoms with Crippen LogP contribution < -0.4 is 5.43 Å². The van der Waals surface area contributed by atoms with Crippen molar-refractivity contribution < 1.29 is 18.0 Å². The normalized spacial score (nSPS) is 14.0. The van der Waals surface area contributed by atoms with E-state index in [9.17, 15) is 18.0 Å². The van der Waals surface area contributed by atoms with Gasteiger partial charge in [0.25, 0.3) is 0 Å². The van der Waals surface area contributed by atoms with E-state index >= 15 is 0 Å². The van der Waals surface area contributed by atoms with Crippen LogP contribution in [0, 0.1) is 6.92 Å². The second-order valence-corrected chi connectivity index (χ2v) is 5.58. The molecule has 2 aromatic heterocycles. The molecule has 0 saturated heterocycles. The molecule has 0 radical (unpaired) electrons. The highest BCUT2D eigenvalue weighted by Crippen LogP contribution is 2.28. The molecule has 0 aliphatic heterocycles. The minimum Gasteiger partial charge on any atom is -0.277 e. The largest absolute Gasteiger partial charge is 0.435 e. The molecule has 0 aliphatic carbocycles. The molecule has 10 heteroatoms. The molecule has 1 unspecified atom stereocenters. The smallest absolute Gasteiger partial charge is 0.277 e. The number of thiazole rings is 1. The molecular weight excluding hydrogens is 319 g/mol. The summed E-state index contributed by atoms with van der Waals surface area (Å²) in [4.78, 5) is 15.2. The van der Waals surface area contributed by atoms with Crippen molar-refractivity contribution in [2.75, 3.05) is 0 Å². The van der Waals surface area contributed by atoms with Gasteiger partial charge in [-0.15, -0.1) is 11.3 Å². The van der Waals surface area contributed by atoms with Gasteiger partial charge in [-0.3, -0.25) is 9.48 Å². The number of rotatable bonds is 5. The van der Waals surface area contributed by atoms with Crippen LogP contribution in [0.5, 0.6) is 0 Å². The maximum absolute atomic E-state index is 12.6. The Morgan fingerprint density at radius 2 is 2.27 bits per heavy atom. The van der Waals surface area contributed by atoms with Crippen LogP contribution in [-0.2, 0) is 11.0 Å². The number of hydrogen-bond acceptors (Lipinski definition) is 5. The zero-order valence-electron chi connectivity index (χ0n) is 11.6. The molecule has 6 nitrogen and oxygen atoms in total. The van der Waals surface area contributed by atoms with Crippen molar-refractivity contribution in [3.05, 3.63) is 34.0 Å². The average Bonchev–Trinajstić information content (AvgIpc) is 3.07. The first kappa shape index (κ1) is 16.1. The van der Waals surface area contributed by atoms with E-state index in [0.29, 0.717) is 17.0 Å². The number of alkyl halides is 3. The van der Waals surface area contributed by atoms with Crippen LogP contribution in [0.25, 0.3) is 0 Å². The predicted molar refractivity (Wildman–Crippen MR) is 74.5 cm³/mol. The summed E-state index contributed by atoms with van der Waals surface area (Å²) in [5.41, 5.74) is 1.55. The molecule has 0 bridgehead atoms. The van der Waals surface area contributed by atoms with Crippen molar-refractivity contribution in [1.29, 1.82) is 0 Å². The molecule has 0 spiro atoms. The van der Waals surface area contributed by atoms with Gasteiger partial charge >= 0.3 is 6.18 Å². The number of hydrogen-bond donors (Lipinski definition) is 1. The third-order valence-corrected chi connectivity index (χ3v) is 3.74. The van der Waals surface area contributed by atoms with Gasteiger partial charge in [0.2, 0.25) is 6.41 Å². The molecule has 22 heavy (non-hydrogen) atoms. The molecular formula is C12H12F3N5OS. The van der Waals surface area contributed by atoms with E-state index in [1.54, 1.807) is 20.0 Å². The minimum atomic E-state index is -4.51. The maximum Gasteiger partial charge on any atom is 0.435 e. The highest BCUT2D eigenvalue weighted by atomic mass is 32.1. The standard InChI is InChI=1S/C12H12F3N5OS/c1-7(20-4-3-10(19-20)12(13,14)15)11(18-17-6-21)9-5-16-8(2)22-9/h3-7H,1-2H3,(H,17,21). The van der Waals surface area contributed by atoms with Crippen molar-refractivity contribution in [1.82, 2.24) is 20.2 Å². The average molecular weight is 331 g/mol. The lowest BCUT2D eigenvalue weighted by atomic mass is 10.2. The van der Waals surface area contributed by atoms with Gasteiger partial charge in [0.1, 0.15) is 5.71 Å². The number of nitrogens with one attached hydrogen (secondary N) is 1. The molecule has 0 fully saturated rings. The topological polar surface area (TPSA) is 72.2 Å². The highest BCUT2D eigenvalue weighted by molar-refractivity contribution is 7.13. The molecule has 0 saturated carbocycles. The first-order valence-electron chi connectivity index (χ1n) is 6.15. The Labute approximate surface area is 127 Å². The summed E-state index contributed by atoms with van der Waals surface area (Å²) < 4.78 is 39.0. The fourth-order valence-corrected chi connectivity index (χ4v) is 2.61. The number of nitrogens with zero attached hydrogens (tertiary/aromatic N) is 4. The van der Waals surface area contributed by atoms with Crippen molar-refractivity contribution >= 4 is 23.5 Å². The number of amides is 1. The fourth-order valence-electron chi connectivity index (χ4n) is 1.76. The van der Waals surface area contributed by atoms with E-state index in [-0.39, 0.29) is 0 Å². The van der Waals surface area contributed by atoms with Crippen LogP contribution in [-0.4, -0.2) is 26.9 Å². The van der Waals surface area contributed by atoms with Gasteiger partial charge in [-0.1, -0.05) is 0 Å².